The summed E-state index contributed by atoms with van der Waals surface area (Å²) in [5, 5.41) is 20.2. The zero-order valence-corrected chi connectivity index (χ0v) is 12.8. The number of benzene rings is 2. The van der Waals surface area contributed by atoms with Gasteiger partial charge in [-0.2, -0.15) is 5.26 Å². The van der Waals surface area contributed by atoms with E-state index in [9.17, 15) is 10.1 Å². The molecule has 0 spiro atoms. The molecule has 0 aliphatic heterocycles. The van der Waals surface area contributed by atoms with Gasteiger partial charge in [0.05, 0.1) is 10.5 Å². The number of nitrogens with zero attached hydrogens (tertiary/aromatic N) is 2. The lowest BCUT2D eigenvalue weighted by Crippen LogP contribution is -1.96. The minimum atomic E-state index is -0.487. The molecule has 0 bridgehead atoms. The molecule has 0 unspecified atom stereocenters. The van der Waals surface area contributed by atoms with Crippen molar-refractivity contribution in [3.8, 4) is 17.6 Å². The smallest absolute Gasteiger partial charge is 0.311 e. The van der Waals surface area contributed by atoms with E-state index in [2.05, 4.69) is 15.9 Å². The molecule has 106 valence electrons. The van der Waals surface area contributed by atoms with Crippen molar-refractivity contribution in [3.05, 3.63) is 62.1 Å². The molecular formula is C15H11BrN2O3. The molecule has 2 rings (SSSR count). The van der Waals surface area contributed by atoms with Gasteiger partial charge in [0, 0.05) is 10.5 Å². The number of rotatable bonds is 4. The molecule has 2 aromatic carbocycles. The first-order valence-electron chi connectivity index (χ1n) is 6.20. The van der Waals surface area contributed by atoms with Gasteiger partial charge >= 0.3 is 5.69 Å². The lowest BCUT2D eigenvalue weighted by molar-refractivity contribution is -0.385. The fourth-order valence-corrected chi connectivity index (χ4v) is 2.17. The monoisotopic (exact) mass is 346 g/mol. The van der Waals surface area contributed by atoms with Gasteiger partial charge in [-0.3, -0.25) is 10.1 Å². The highest BCUT2D eigenvalue weighted by Crippen LogP contribution is 2.34. The van der Waals surface area contributed by atoms with Gasteiger partial charge in [-0.25, -0.2) is 0 Å². The van der Waals surface area contributed by atoms with Crippen LogP contribution in [0.1, 0.15) is 18.1 Å². The molecule has 0 aliphatic rings. The minimum absolute atomic E-state index is 0.110. The third-order valence-electron chi connectivity index (χ3n) is 2.91. The highest BCUT2D eigenvalue weighted by molar-refractivity contribution is 9.10. The van der Waals surface area contributed by atoms with Crippen molar-refractivity contribution in [2.75, 3.05) is 0 Å². The van der Waals surface area contributed by atoms with Gasteiger partial charge < -0.3 is 4.74 Å². The molecule has 0 saturated carbocycles. The second-order valence-electron chi connectivity index (χ2n) is 4.27. The Labute approximate surface area is 130 Å². The Hall–Kier alpha value is -2.39. The molecule has 21 heavy (non-hydrogen) atoms. The Balaban J connectivity index is 2.45. The summed E-state index contributed by atoms with van der Waals surface area (Å²) >= 11 is 3.26. The van der Waals surface area contributed by atoms with Gasteiger partial charge in [-0.1, -0.05) is 28.9 Å². The van der Waals surface area contributed by atoms with Crippen LogP contribution in [-0.2, 0) is 6.42 Å². The standard InChI is InChI=1S/C15H11BrN2O3/c1-2-10-3-5-15(13(7-10)18(19)20)21-14-6-4-12(16)8-11(14)9-17/h3-8H,2H2,1H3. The van der Waals surface area contributed by atoms with Crippen LogP contribution in [0.15, 0.2) is 40.9 Å². The van der Waals surface area contributed by atoms with Crippen molar-refractivity contribution in [1.82, 2.24) is 0 Å². The van der Waals surface area contributed by atoms with Crippen LogP contribution in [0.5, 0.6) is 11.5 Å². The predicted octanol–water partition coefficient (Wildman–Crippen LogP) is 4.58. The zero-order valence-electron chi connectivity index (χ0n) is 11.2. The molecule has 0 N–H and O–H groups in total. The number of aryl methyl sites for hydroxylation is 1. The molecule has 2 aromatic rings. The van der Waals surface area contributed by atoms with Gasteiger partial charge in [-0.15, -0.1) is 0 Å². The molecule has 6 heteroatoms. The van der Waals surface area contributed by atoms with Gasteiger partial charge in [0.25, 0.3) is 0 Å². The number of halogens is 1. The number of ether oxygens (including phenoxy) is 1. The molecule has 0 saturated heterocycles. The van der Waals surface area contributed by atoms with Gasteiger partial charge in [0.1, 0.15) is 11.8 Å². The van der Waals surface area contributed by atoms with E-state index < -0.39 is 4.92 Å². The maximum absolute atomic E-state index is 11.1. The third-order valence-corrected chi connectivity index (χ3v) is 3.40. The summed E-state index contributed by atoms with van der Waals surface area (Å²) in [6.45, 7) is 1.92. The first-order valence-corrected chi connectivity index (χ1v) is 6.99. The first-order chi connectivity index (χ1) is 10.0. The Bertz CT molecular complexity index is 738. The topological polar surface area (TPSA) is 76.2 Å². The average molecular weight is 347 g/mol. The molecule has 0 aromatic heterocycles. The molecule has 0 heterocycles. The molecule has 0 aliphatic carbocycles. The van der Waals surface area contributed by atoms with Gasteiger partial charge in [0.15, 0.2) is 0 Å². The van der Waals surface area contributed by atoms with E-state index in [0.29, 0.717) is 12.0 Å². The van der Waals surface area contributed by atoms with Crippen LogP contribution in [0.25, 0.3) is 0 Å². The maximum Gasteiger partial charge on any atom is 0.311 e. The van der Waals surface area contributed by atoms with Crippen molar-refractivity contribution in [2.24, 2.45) is 0 Å². The van der Waals surface area contributed by atoms with E-state index in [1.807, 2.05) is 13.0 Å². The molecule has 0 amide bonds. The second-order valence-corrected chi connectivity index (χ2v) is 5.18. The van der Waals surface area contributed by atoms with Crippen molar-refractivity contribution in [1.29, 1.82) is 5.26 Å². The Morgan fingerprint density at radius 1 is 1.29 bits per heavy atom. The van der Waals surface area contributed by atoms with Crippen molar-refractivity contribution >= 4 is 21.6 Å². The van der Waals surface area contributed by atoms with Gasteiger partial charge in [0.2, 0.25) is 5.75 Å². The SMILES string of the molecule is CCc1ccc(Oc2ccc(Br)cc2C#N)c([N+](=O)[O-])c1. The number of nitro benzene ring substituents is 1. The summed E-state index contributed by atoms with van der Waals surface area (Å²) < 4.78 is 6.30. The summed E-state index contributed by atoms with van der Waals surface area (Å²) in [6, 6.07) is 11.7. The summed E-state index contributed by atoms with van der Waals surface area (Å²) in [4.78, 5) is 10.7. The lowest BCUT2D eigenvalue weighted by Gasteiger charge is -2.09. The first kappa shape index (κ1) is 15.0. The van der Waals surface area contributed by atoms with E-state index in [1.54, 1.807) is 30.3 Å². The van der Waals surface area contributed by atoms with Crippen LogP contribution in [0.2, 0.25) is 0 Å². The van der Waals surface area contributed by atoms with Crippen molar-refractivity contribution in [2.45, 2.75) is 13.3 Å². The van der Waals surface area contributed by atoms with E-state index in [-0.39, 0.29) is 17.2 Å². The van der Waals surface area contributed by atoms with Crippen LogP contribution in [0.3, 0.4) is 0 Å². The number of hydrogen-bond donors (Lipinski definition) is 0. The fraction of sp³-hybridized carbons (Fsp3) is 0.133. The van der Waals surface area contributed by atoms with Crippen LogP contribution in [0.4, 0.5) is 5.69 Å². The third kappa shape index (κ3) is 3.38. The molecular weight excluding hydrogens is 336 g/mol. The highest BCUT2D eigenvalue weighted by atomic mass is 79.9. The Morgan fingerprint density at radius 3 is 2.62 bits per heavy atom. The molecule has 0 fully saturated rings. The maximum atomic E-state index is 11.1. The highest BCUT2D eigenvalue weighted by Gasteiger charge is 2.17. The summed E-state index contributed by atoms with van der Waals surface area (Å²) in [5.74, 6) is 0.407. The second kappa shape index (κ2) is 6.37. The van der Waals surface area contributed by atoms with E-state index in [4.69, 9.17) is 10.00 Å². The van der Waals surface area contributed by atoms with Crippen LogP contribution < -0.4 is 4.74 Å². The van der Waals surface area contributed by atoms with Crippen LogP contribution in [-0.4, -0.2) is 4.92 Å². The van der Waals surface area contributed by atoms with Crippen molar-refractivity contribution in [3.63, 3.8) is 0 Å². The Kier molecular flexibility index (Phi) is 4.55. The largest absolute Gasteiger partial charge is 0.449 e. The number of nitro groups is 1. The molecule has 5 nitrogen and oxygen atoms in total. The fourth-order valence-electron chi connectivity index (χ4n) is 1.81. The lowest BCUT2D eigenvalue weighted by atomic mass is 10.1. The zero-order chi connectivity index (χ0) is 15.4. The molecule has 0 atom stereocenters. The average Bonchev–Trinajstić information content (AvgIpc) is 2.49. The predicted molar refractivity (Wildman–Crippen MR) is 81.4 cm³/mol. The van der Waals surface area contributed by atoms with Crippen molar-refractivity contribution < 1.29 is 9.66 Å². The normalized spacial score (nSPS) is 9.95. The number of hydrogen-bond acceptors (Lipinski definition) is 4. The van der Waals surface area contributed by atoms with E-state index in [0.717, 1.165) is 10.0 Å². The van der Waals surface area contributed by atoms with Crippen LogP contribution >= 0.6 is 15.9 Å². The summed E-state index contributed by atoms with van der Waals surface area (Å²) in [6.07, 6.45) is 0.697. The number of nitriles is 1. The quantitative estimate of drug-likeness (QED) is 0.599. The minimum Gasteiger partial charge on any atom is -0.449 e. The summed E-state index contributed by atoms with van der Waals surface area (Å²) in [7, 11) is 0. The van der Waals surface area contributed by atoms with Crippen LogP contribution in [0, 0.1) is 21.4 Å². The van der Waals surface area contributed by atoms with E-state index >= 15 is 0 Å². The van der Waals surface area contributed by atoms with E-state index in [1.165, 1.54) is 6.07 Å². The Morgan fingerprint density at radius 2 is 2.00 bits per heavy atom. The summed E-state index contributed by atoms with van der Waals surface area (Å²) in [5.41, 5.74) is 1.05. The van der Waals surface area contributed by atoms with Gasteiger partial charge in [-0.05, 0) is 36.2 Å². The molecule has 0 radical (unpaired) electrons.